The highest BCUT2D eigenvalue weighted by Gasteiger charge is 2.36. The van der Waals surface area contributed by atoms with E-state index in [9.17, 15) is 24.5 Å². The molecule has 0 saturated carbocycles. The van der Waals surface area contributed by atoms with Gasteiger partial charge in [-0.1, -0.05) is 35.3 Å². The summed E-state index contributed by atoms with van der Waals surface area (Å²) in [6, 6.07) is 17.6. The van der Waals surface area contributed by atoms with E-state index in [-0.39, 0.29) is 35.1 Å². The van der Waals surface area contributed by atoms with Crippen molar-refractivity contribution >= 4 is 52.2 Å². The van der Waals surface area contributed by atoms with Crippen molar-refractivity contribution in [3.63, 3.8) is 0 Å². The van der Waals surface area contributed by atoms with Crippen LogP contribution in [0.25, 0.3) is 11.1 Å². The number of anilines is 1. The van der Waals surface area contributed by atoms with Crippen molar-refractivity contribution in [2.45, 2.75) is 6.42 Å². The van der Waals surface area contributed by atoms with Crippen molar-refractivity contribution in [3.05, 3.63) is 92.5 Å². The number of hydrogen-bond donors (Lipinski definition) is 0. The normalized spacial score (nSPS) is 15.2. The lowest BCUT2D eigenvalue weighted by Gasteiger charge is -2.17. The van der Waals surface area contributed by atoms with Crippen LogP contribution in [-0.2, 0) is 14.3 Å². The van der Waals surface area contributed by atoms with E-state index in [4.69, 9.17) is 27.9 Å². The van der Waals surface area contributed by atoms with Gasteiger partial charge in [-0.05, 0) is 53.6 Å². The summed E-state index contributed by atoms with van der Waals surface area (Å²) in [5, 5.41) is 11.4. The zero-order valence-electron chi connectivity index (χ0n) is 18.1. The Balaban J connectivity index is 1.37. The van der Waals surface area contributed by atoms with Gasteiger partial charge in [0.1, 0.15) is 0 Å². The number of carbonyl (C=O) groups is 3. The Morgan fingerprint density at radius 3 is 2.23 bits per heavy atom. The minimum Gasteiger partial charge on any atom is -0.457 e. The first kappa shape index (κ1) is 24.4. The van der Waals surface area contributed by atoms with Crippen molar-refractivity contribution in [1.29, 1.82) is 0 Å². The summed E-state index contributed by atoms with van der Waals surface area (Å²) in [5.41, 5.74) is 2.43. The molecule has 1 heterocycles. The van der Waals surface area contributed by atoms with E-state index in [1.165, 1.54) is 35.2 Å². The number of amides is 1. The van der Waals surface area contributed by atoms with Gasteiger partial charge < -0.3 is 9.64 Å². The van der Waals surface area contributed by atoms with Crippen LogP contribution in [0.4, 0.5) is 11.4 Å². The number of halogens is 2. The molecule has 1 fully saturated rings. The van der Waals surface area contributed by atoms with Gasteiger partial charge in [0.25, 0.3) is 5.69 Å². The third-order valence-corrected chi connectivity index (χ3v) is 6.17. The molecule has 0 bridgehead atoms. The third-order valence-electron chi connectivity index (χ3n) is 5.63. The number of rotatable bonds is 7. The predicted octanol–water partition coefficient (Wildman–Crippen LogP) is 5.35. The summed E-state index contributed by atoms with van der Waals surface area (Å²) in [6.07, 6.45) is -0.0289. The highest BCUT2D eigenvalue weighted by molar-refractivity contribution is 6.36. The number of Topliss-reactive ketones (excluding diaryl/α,β-unsaturated/α-hetero) is 1. The third kappa shape index (κ3) is 5.50. The summed E-state index contributed by atoms with van der Waals surface area (Å²) >= 11 is 11.8. The number of carbonyl (C=O) groups excluding carboxylic acids is 3. The molecule has 0 unspecified atom stereocenters. The number of esters is 1. The summed E-state index contributed by atoms with van der Waals surface area (Å²) in [6.45, 7) is -0.362. The van der Waals surface area contributed by atoms with Gasteiger partial charge in [-0.15, -0.1) is 0 Å². The summed E-state index contributed by atoms with van der Waals surface area (Å²) < 4.78 is 5.16. The Morgan fingerprint density at radius 1 is 1.00 bits per heavy atom. The molecule has 10 heteroatoms. The van der Waals surface area contributed by atoms with Gasteiger partial charge in [-0.25, -0.2) is 0 Å². The number of ketones is 1. The Morgan fingerprint density at radius 2 is 1.63 bits per heavy atom. The van der Waals surface area contributed by atoms with E-state index in [1.54, 1.807) is 36.4 Å². The molecule has 0 N–H and O–H groups in total. The maximum atomic E-state index is 12.5. The van der Waals surface area contributed by atoms with Crippen LogP contribution in [0.1, 0.15) is 16.8 Å². The Hall–Kier alpha value is -3.75. The molecule has 178 valence electrons. The zero-order chi connectivity index (χ0) is 25.1. The lowest BCUT2D eigenvalue weighted by molar-refractivity contribution is -0.384. The standard InChI is InChI=1S/C25H18Cl2N2O6/c26-18-5-10-21(22(27)12-18)23(30)14-35-25(32)17-11-24(31)28(13-17)19-6-1-15(2-7-19)16-3-8-20(9-4-16)29(33)34/h1-10,12,17H,11,13-14H2/t17-/m0/s1. The second-order valence-electron chi connectivity index (χ2n) is 7.91. The molecule has 3 aromatic carbocycles. The second-order valence-corrected chi connectivity index (χ2v) is 8.75. The van der Waals surface area contributed by atoms with Crippen LogP contribution in [0, 0.1) is 16.0 Å². The van der Waals surface area contributed by atoms with Crippen molar-refractivity contribution in [2.24, 2.45) is 5.92 Å². The number of benzene rings is 3. The van der Waals surface area contributed by atoms with Crippen LogP contribution in [-0.4, -0.2) is 35.7 Å². The van der Waals surface area contributed by atoms with E-state index < -0.39 is 29.2 Å². The van der Waals surface area contributed by atoms with E-state index >= 15 is 0 Å². The van der Waals surface area contributed by atoms with Crippen molar-refractivity contribution in [3.8, 4) is 11.1 Å². The molecule has 1 aliphatic rings. The molecule has 1 aliphatic heterocycles. The Labute approximate surface area is 210 Å². The Bertz CT molecular complexity index is 1310. The molecular weight excluding hydrogens is 495 g/mol. The minimum absolute atomic E-state index is 0.00363. The molecule has 0 aliphatic carbocycles. The number of non-ortho nitro benzene ring substituents is 1. The maximum absolute atomic E-state index is 12.5. The number of nitro groups is 1. The van der Waals surface area contributed by atoms with Crippen molar-refractivity contribution < 1.29 is 24.0 Å². The van der Waals surface area contributed by atoms with E-state index in [0.29, 0.717) is 10.7 Å². The summed E-state index contributed by atoms with van der Waals surface area (Å²) in [7, 11) is 0. The van der Waals surface area contributed by atoms with Gasteiger partial charge in [0.2, 0.25) is 11.7 Å². The number of hydrogen-bond acceptors (Lipinski definition) is 6. The van der Waals surface area contributed by atoms with E-state index in [1.807, 2.05) is 0 Å². The van der Waals surface area contributed by atoms with Gasteiger partial charge >= 0.3 is 5.97 Å². The van der Waals surface area contributed by atoms with Gasteiger partial charge in [0.15, 0.2) is 6.61 Å². The molecule has 8 nitrogen and oxygen atoms in total. The van der Waals surface area contributed by atoms with Crippen LogP contribution >= 0.6 is 23.2 Å². The molecule has 3 aromatic rings. The molecule has 0 radical (unpaired) electrons. The lowest BCUT2D eigenvalue weighted by Crippen LogP contribution is -2.27. The number of nitro benzene ring substituents is 1. The maximum Gasteiger partial charge on any atom is 0.311 e. The SMILES string of the molecule is O=C(COC(=O)[C@H]1CC(=O)N(c2ccc(-c3ccc([N+](=O)[O-])cc3)cc2)C1)c1ccc(Cl)cc1Cl. The fourth-order valence-corrected chi connectivity index (χ4v) is 4.29. The summed E-state index contributed by atoms with van der Waals surface area (Å²) in [4.78, 5) is 49.2. The van der Waals surface area contributed by atoms with Gasteiger partial charge in [0.05, 0.1) is 15.9 Å². The monoisotopic (exact) mass is 512 g/mol. The van der Waals surface area contributed by atoms with Crippen molar-refractivity contribution in [1.82, 2.24) is 0 Å². The van der Waals surface area contributed by atoms with Gasteiger partial charge in [0, 0.05) is 41.4 Å². The summed E-state index contributed by atoms with van der Waals surface area (Å²) in [5.74, 6) is -2.04. The molecule has 4 rings (SSSR count). The first-order valence-corrected chi connectivity index (χ1v) is 11.3. The van der Waals surface area contributed by atoms with Crippen LogP contribution in [0.3, 0.4) is 0 Å². The largest absolute Gasteiger partial charge is 0.457 e. The fourth-order valence-electron chi connectivity index (χ4n) is 3.77. The average Bonchev–Trinajstić information content (AvgIpc) is 3.24. The molecule has 35 heavy (non-hydrogen) atoms. The smallest absolute Gasteiger partial charge is 0.311 e. The zero-order valence-corrected chi connectivity index (χ0v) is 19.7. The highest BCUT2D eigenvalue weighted by Crippen LogP contribution is 2.29. The van der Waals surface area contributed by atoms with Crippen molar-refractivity contribution in [2.75, 3.05) is 18.1 Å². The van der Waals surface area contributed by atoms with Crippen LogP contribution in [0.15, 0.2) is 66.7 Å². The fraction of sp³-hybridized carbons (Fsp3) is 0.160. The van der Waals surface area contributed by atoms with E-state index in [2.05, 4.69) is 0 Å². The molecule has 0 aromatic heterocycles. The van der Waals surface area contributed by atoms with Crippen LogP contribution < -0.4 is 4.90 Å². The molecular formula is C25H18Cl2N2O6. The number of ether oxygens (including phenoxy) is 1. The molecule has 1 atom stereocenters. The number of nitrogens with zero attached hydrogens (tertiary/aromatic N) is 2. The molecule has 1 saturated heterocycles. The van der Waals surface area contributed by atoms with Gasteiger partial charge in [-0.2, -0.15) is 0 Å². The first-order valence-electron chi connectivity index (χ1n) is 10.5. The average molecular weight is 513 g/mol. The highest BCUT2D eigenvalue weighted by atomic mass is 35.5. The topological polar surface area (TPSA) is 107 Å². The second kappa shape index (κ2) is 10.2. The van der Waals surface area contributed by atoms with Crippen LogP contribution in [0.5, 0.6) is 0 Å². The first-order chi connectivity index (χ1) is 16.7. The predicted molar refractivity (Wildman–Crippen MR) is 131 cm³/mol. The minimum atomic E-state index is -0.703. The van der Waals surface area contributed by atoms with Crippen LogP contribution in [0.2, 0.25) is 10.0 Å². The molecule has 1 amide bonds. The Kier molecular flexibility index (Phi) is 7.14. The van der Waals surface area contributed by atoms with Gasteiger partial charge in [-0.3, -0.25) is 24.5 Å². The molecule has 0 spiro atoms. The van der Waals surface area contributed by atoms with E-state index in [0.717, 1.165) is 11.1 Å². The quantitative estimate of drug-likeness (QED) is 0.183. The lowest BCUT2D eigenvalue weighted by atomic mass is 10.0.